The van der Waals surface area contributed by atoms with Crippen molar-refractivity contribution in [3.8, 4) is 0 Å². The van der Waals surface area contributed by atoms with E-state index in [9.17, 15) is 4.79 Å². The minimum absolute atomic E-state index is 0.0203. The van der Waals surface area contributed by atoms with Crippen LogP contribution < -0.4 is 0 Å². The van der Waals surface area contributed by atoms with Gasteiger partial charge in [0.05, 0.1) is 28.9 Å². The lowest BCUT2D eigenvalue weighted by atomic mass is 10.1. The normalized spacial score (nSPS) is 12.0. The molecule has 0 saturated heterocycles. The number of carboxylic acids is 1. The topological polar surface area (TPSA) is 64.3 Å². The predicted octanol–water partition coefficient (Wildman–Crippen LogP) is 3.36. The molecule has 5 nitrogen and oxygen atoms in total. The van der Waals surface area contributed by atoms with Gasteiger partial charge in [0.1, 0.15) is 0 Å². The lowest BCUT2D eigenvalue weighted by Crippen LogP contribution is -2.32. The van der Waals surface area contributed by atoms with Gasteiger partial charge in [0.15, 0.2) is 5.16 Å². The first-order valence-electron chi connectivity index (χ1n) is 6.37. The number of ether oxygens (including phenoxy) is 1. The second-order valence-corrected chi connectivity index (χ2v) is 7.15. The third-order valence-corrected chi connectivity index (χ3v) is 4.43. The van der Waals surface area contributed by atoms with Gasteiger partial charge in [-0.1, -0.05) is 27.7 Å². The summed E-state index contributed by atoms with van der Waals surface area (Å²) in [6.45, 7) is 4.60. The number of hydrogen-bond acceptors (Lipinski definition) is 4. The standard InChI is InChI=1S/C14H17BrN2O3S/c1-14(2,8-20-3)17-11-5-4-9(15)6-10(11)16-13(17)21-7-12(18)19/h4-6H,7-8H2,1-3H3,(H,18,19). The average molecular weight is 373 g/mol. The van der Waals surface area contributed by atoms with Crippen molar-refractivity contribution in [2.75, 3.05) is 19.5 Å². The van der Waals surface area contributed by atoms with Crippen LogP contribution in [0.1, 0.15) is 13.8 Å². The second-order valence-electron chi connectivity index (χ2n) is 5.29. The zero-order valence-corrected chi connectivity index (χ0v) is 14.5. The fraction of sp³-hybridized carbons (Fsp3) is 0.429. The molecule has 1 N–H and O–H groups in total. The minimum Gasteiger partial charge on any atom is -0.481 e. The number of thioether (sulfide) groups is 1. The first kappa shape index (κ1) is 16.3. The van der Waals surface area contributed by atoms with Crippen molar-refractivity contribution in [1.82, 2.24) is 9.55 Å². The van der Waals surface area contributed by atoms with Crippen LogP contribution in [0.25, 0.3) is 11.0 Å². The highest BCUT2D eigenvalue weighted by Crippen LogP contribution is 2.32. The molecule has 21 heavy (non-hydrogen) atoms. The van der Waals surface area contributed by atoms with Gasteiger partial charge in [-0.05, 0) is 32.0 Å². The Kier molecular flexibility index (Phi) is 4.95. The number of methoxy groups -OCH3 is 1. The molecule has 0 saturated carbocycles. The van der Waals surface area contributed by atoms with Gasteiger partial charge >= 0.3 is 5.97 Å². The molecule has 7 heteroatoms. The number of aliphatic carboxylic acids is 1. The van der Waals surface area contributed by atoms with Gasteiger partial charge in [-0.25, -0.2) is 4.98 Å². The van der Waals surface area contributed by atoms with Crippen molar-refractivity contribution in [3.05, 3.63) is 22.7 Å². The summed E-state index contributed by atoms with van der Waals surface area (Å²) in [4.78, 5) is 15.4. The van der Waals surface area contributed by atoms with E-state index < -0.39 is 5.97 Å². The van der Waals surface area contributed by atoms with Crippen molar-refractivity contribution in [2.45, 2.75) is 24.5 Å². The summed E-state index contributed by atoms with van der Waals surface area (Å²) in [5, 5.41) is 9.59. The number of aromatic nitrogens is 2. The molecule has 0 radical (unpaired) electrons. The zero-order chi connectivity index (χ0) is 15.6. The van der Waals surface area contributed by atoms with Crippen LogP contribution in [-0.4, -0.2) is 40.1 Å². The SMILES string of the molecule is COCC(C)(C)n1c(SCC(=O)O)nc2cc(Br)ccc21. The lowest BCUT2D eigenvalue weighted by Gasteiger charge is -2.28. The van der Waals surface area contributed by atoms with E-state index in [1.54, 1.807) is 7.11 Å². The second kappa shape index (κ2) is 6.37. The van der Waals surface area contributed by atoms with Crippen molar-refractivity contribution in [3.63, 3.8) is 0 Å². The Morgan fingerprint density at radius 2 is 2.24 bits per heavy atom. The molecule has 0 aliphatic carbocycles. The third-order valence-electron chi connectivity index (χ3n) is 3.01. The molecule has 2 aromatic rings. The summed E-state index contributed by atoms with van der Waals surface area (Å²) in [5.41, 5.74) is 1.48. The molecular weight excluding hydrogens is 356 g/mol. The van der Waals surface area contributed by atoms with Crippen molar-refractivity contribution < 1.29 is 14.6 Å². The molecule has 2 rings (SSSR count). The van der Waals surface area contributed by atoms with Crippen LogP contribution >= 0.6 is 27.7 Å². The van der Waals surface area contributed by atoms with E-state index in [-0.39, 0.29) is 11.3 Å². The number of benzene rings is 1. The van der Waals surface area contributed by atoms with Gasteiger partial charge < -0.3 is 14.4 Å². The van der Waals surface area contributed by atoms with Crippen LogP contribution in [0.2, 0.25) is 0 Å². The maximum Gasteiger partial charge on any atom is 0.313 e. The van der Waals surface area contributed by atoms with E-state index in [0.717, 1.165) is 15.5 Å². The number of rotatable bonds is 6. The highest BCUT2D eigenvalue weighted by molar-refractivity contribution is 9.10. The van der Waals surface area contributed by atoms with Gasteiger partial charge in [-0.15, -0.1) is 0 Å². The predicted molar refractivity (Wildman–Crippen MR) is 87.0 cm³/mol. The van der Waals surface area contributed by atoms with Crippen molar-refractivity contribution in [1.29, 1.82) is 0 Å². The zero-order valence-electron chi connectivity index (χ0n) is 12.1. The number of carboxylic acid groups (broad SMARTS) is 1. The van der Waals surface area contributed by atoms with Gasteiger partial charge in [0.2, 0.25) is 0 Å². The summed E-state index contributed by atoms with van der Waals surface area (Å²) < 4.78 is 8.29. The monoisotopic (exact) mass is 372 g/mol. The Bertz CT molecular complexity index is 670. The molecule has 0 spiro atoms. The fourth-order valence-corrected chi connectivity index (χ4v) is 3.50. The largest absolute Gasteiger partial charge is 0.481 e. The molecule has 0 amide bonds. The number of halogens is 1. The highest BCUT2D eigenvalue weighted by atomic mass is 79.9. The first-order chi connectivity index (χ1) is 9.85. The molecule has 0 bridgehead atoms. The molecule has 1 aromatic heterocycles. The smallest absolute Gasteiger partial charge is 0.313 e. The van der Waals surface area contributed by atoms with Crippen LogP contribution in [0.3, 0.4) is 0 Å². The minimum atomic E-state index is -0.857. The summed E-state index contributed by atoms with van der Waals surface area (Å²) in [7, 11) is 1.65. The highest BCUT2D eigenvalue weighted by Gasteiger charge is 2.26. The molecule has 0 atom stereocenters. The van der Waals surface area contributed by atoms with Crippen LogP contribution in [-0.2, 0) is 15.1 Å². The van der Waals surface area contributed by atoms with Gasteiger partial charge in [0.25, 0.3) is 0 Å². The Hall–Kier alpha value is -1.05. The van der Waals surface area contributed by atoms with Gasteiger partial charge in [-0.2, -0.15) is 0 Å². The third kappa shape index (κ3) is 3.59. The number of hydrogen-bond donors (Lipinski definition) is 1. The van der Waals surface area contributed by atoms with E-state index in [0.29, 0.717) is 11.8 Å². The number of carbonyl (C=O) groups is 1. The van der Waals surface area contributed by atoms with E-state index >= 15 is 0 Å². The van der Waals surface area contributed by atoms with Crippen LogP contribution in [0.5, 0.6) is 0 Å². The molecule has 0 aliphatic heterocycles. The Labute approximate surface area is 135 Å². The maximum absolute atomic E-state index is 10.8. The quantitative estimate of drug-likeness (QED) is 0.787. The van der Waals surface area contributed by atoms with E-state index in [1.807, 2.05) is 36.6 Å². The van der Waals surface area contributed by atoms with Gasteiger partial charge in [-0.3, -0.25) is 4.79 Å². The molecular formula is C14H17BrN2O3S. The maximum atomic E-state index is 10.8. The molecule has 114 valence electrons. The van der Waals surface area contributed by atoms with E-state index in [2.05, 4.69) is 20.9 Å². The number of fused-ring (bicyclic) bond motifs is 1. The van der Waals surface area contributed by atoms with Crippen molar-refractivity contribution >= 4 is 44.7 Å². The summed E-state index contributed by atoms with van der Waals surface area (Å²) in [6, 6.07) is 5.86. The fourth-order valence-electron chi connectivity index (χ4n) is 2.26. The summed E-state index contributed by atoms with van der Waals surface area (Å²) >= 11 is 4.66. The Morgan fingerprint density at radius 3 is 2.86 bits per heavy atom. The van der Waals surface area contributed by atoms with Crippen LogP contribution in [0.4, 0.5) is 0 Å². The molecule has 0 aliphatic rings. The summed E-state index contributed by atoms with van der Waals surface area (Å²) in [6.07, 6.45) is 0. The number of nitrogens with zero attached hydrogens (tertiary/aromatic N) is 2. The number of imidazole rings is 1. The van der Waals surface area contributed by atoms with Crippen LogP contribution in [0.15, 0.2) is 27.8 Å². The molecule has 0 fully saturated rings. The van der Waals surface area contributed by atoms with E-state index in [1.165, 1.54) is 11.8 Å². The van der Waals surface area contributed by atoms with Gasteiger partial charge in [0, 0.05) is 11.6 Å². The Balaban J connectivity index is 2.56. The van der Waals surface area contributed by atoms with E-state index in [4.69, 9.17) is 9.84 Å². The average Bonchev–Trinajstić information content (AvgIpc) is 2.74. The van der Waals surface area contributed by atoms with Crippen LogP contribution in [0, 0.1) is 0 Å². The Morgan fingerprint density at radius 1 is 1.52 bits per heavy atom. The summed E-state index contributed by atoms with van der Waals surface area (Å²) in [5.74, 6) is -0.877. The molecule has 1 heterocycles. The molecule has 0 unspecified atom stereocenters. The first-order valence-corrected chi connectivity index (χ1v) is 8.15. The van der Waals surface area contributed by atoms with Crippen molar-refractivity contribution in [2.24, 2.45) is 0 Å². The molecule has 1 aromatic carbocycles. The lowest BCUT2D eigenvalue weighted by molar-refractivity contribution is -0.133.